The highest BCUT2D eigenvalue weighted by molar-refractivity contribution is 6.07. The van der Waals surface area contributed by atoms with Crippen LogP contribution in [0.4, 0.5) is 10.5 Å². The standard InChI is InChI=1S/C18H15N3O6/c1-18(12-6-7-14-15(8-12)27-10-26-14)16(22)20(17(23)19-18)9-11-4-2-3-5-13(11)21(24)25/h2-8H,9-10H2,1H3,(H,19,23)/t18-/m0/s1. The Morgan fingerprint density at radius 1 is 1.19 bits per heavy atom. The number of fused-ring (bicyclic) bond motifs is 1. The first-order valence-electron chi connectivity index (χ1n) is 8.16. The lowest BCUT2D eigenvalue weighted by molar-refractivity contribution is -0.385. The zero-order valence-corrected chi connectivity index (χ0v) is 14.3. The van der Waals surface area contributed by atoms with Crippen molar-refractivity contribution in [3.63, 3.8) is 0 Å². The summed E-state index contributed by atoms with van der Waals surface area (Å²) in [5.41, 5.74) is -0.632. The van der Waals surface area contributed by atoms with Gasteiger partial charge in [0.2, 0.25) is 6.79 Å². The summed E-state index contributed by atoms with van der Waals surface area (Å²) in [6, 6.07) is 10.4. The van der Waals surface area contributed by atoms with Gasteiger partial charge in [0.1, 0.15) is 5.54 Å². The van der Waals surface area contributed by atoms with Gasteiger partial charge in [0.25, 0.3) is 11.6 Å². The van der Waals surface area contributed by atoms with Crippen LogP contribution in [0.2, 0.25) is 0 Å². The van der Waals surface area contributed by atoms with Crippen LogP contribution in [0.25, 0.3) is 0 Å². The molecule has 2 heterocycles. The fourth-order valence-corrected chi connectivity index (χ4v) is 3.24. The van der Waals surface area contributed by atoms with Crippen molar-refractivity contribution in [3.8, 4) is 11.5 Å². The molecule has 27 heavy (non-hydrogen) atoms. The molecule has 1 N–H and O–H groups in total. The number of amides is 3. The van der Waals surface area contributed by atoms with Gasteiger partial charge in [-0.25, -0.2) is 4.79 Å². The van der Waals surface area contributed by atoms with Crippen molar-refractivity contribution >= 4 is 17.6 Å². The monoisotopic (exact) mass is 369 g/mol. The van der Waals surface area contributed by atoms with E-state index in [4.69, 9.17) is 9.47 Å². The zero-order chi connectivity index (χ0) is 19.2. The van der Waals surface area contributed by atoms with Crippen LogP contribution >= 0.6 is 0 Å². The highest BCUT2D eigenvalue weighted by Gasteiger charge is 2.49. The number of nitrogens with one attached hydrogen (secondary N) is 1. The van der Waals surface area contributed by atoms with E-state index in [1.54, 1.807) is 31.2 Å². The molecule has 0 saturated carbocycles. The molecule has 2 aromatic rings. The van der Waals surface area contributed by atoms with Crippen molar-refractivity contribution in [2.75, 3.05) is 6.79 Å². The number of nitro groups is 1. The first-order chi connectivity index (χ1) is 12.9. The van der Waals surface area contributed by atoms with Crippen LogP contribution in [-0.4, -0.2) is 28.6 Å². The molecule has 2 aliphatic heterocycles. The van der Waals surface area contributed by atoms with Gasteiger partial charge in [0.15, 0.2) is 11.5 Å². The van der Waals surface area contributed by atoms with Crippen molar-refractivity contribution in [2.45, 2.75) is 19.0 Å². The molecule has 9 heteroatoms. The van der Waals surface area contributed by atoms with Gasteiger partial charge in [-0.15, -0.1) is 0 Å². The van der Waals surface area contributed by atoms with Crippen LogP contribution in [-0.2, 0) is 16.9 Å². The molecule has 1 fully saturated rings. The topological polar surface area (TPSA) is 111 Å². The van der Waals surface area contributed by atoms with E-state index in [1.165, 1.54) is 18.2 Å². The number of carbonyl (C=O) groups is 2. The fourth-order valence-electron chi connectivity index (χ4n) is 3.24. The maximum atomic E-state index is 13.0. The smallest absolute Gasteiger partial charge is 0.325 e. The lowest BCUT2D eigenvalue weighted by atomic mass is 9.91. The van der Waals surface area contributed by atoms with E-state index in [1.807, 2.05) is 0 Å². The van der Waals surface area contributed by atoms with Crippen molar-refractivity contribution in [2.24, 2.45) is 0 Å². The number of imide groups is 1. The van der Waals surface area contributed by atoms with E-state index < -0.39 is 22.4 Å². The maximum Gasteiger partial charge on any atom is 0.325 e. The van der Waals surface area contributed by atoms with Crippen molar-refractivity contribution in [3.05, 3.63) is 63.7 Å². The third-order valence-corrected chi connectivity index (χ3v) is 4.74. The predicted octanol–water partition coefficient (Wildman–Crippen LogP) is 2.29. The van der Waals surface area contributed by atoms with E-state index in [9.17, 15) is 19.7 Å². The van der Waals surface area contributed by atoms with Crippen LogP contribution in [0.5, 0.6) is 11.5 Å². The van der Waals surface area contributed by atoms with E-state index in [2.05, 4.69) is 5.32 Å². The molecule has 0 radical (unpaired) electrons. The third kappa shape index (κ3) is 2.64. The summed E-state index contributed by atoms with van der Waals surface area (Å²) in [7, 11) is 0. The lowest BCUT2D eigenvalue weighted by Gasteiger charge is -2.22. The molecule has 138 valence electrons. The minimum Gasteiger partial charge on any atom is -0.454 e. The third-order valence-electron chi connectivity index (χ3n) is 4.74. The van der Waals surface area contributed by atoms with E-state index in [0.29, 0.717) is 17.1 Å². The number of nitro benzene ring substituents is 1. The molecule has 1 saturated heterocycles. The van der Waals surface area contributed by atoms with Crippen LogP contribution in [0.3, 0.4) is 0 Å². The molecule has 3 amide bonds. The SMILES string of the molecule is C[C@@]1(c2ccc3c(c2)OCO3)NC(=O)N(Cc2ccccc2[N+](=O)[O-])C1=O. The first-order valence-corrected chi connectivity index (χ1v) is 8.16. The highest BCUT2D eigenvalue weighted by atomic mass is 16.7. The Hall–Kier alpha value is -3.62. The Labute approximate surface area is 153 Å². The molecule has 0 aromatic heterocycles. The Balaban J connectivity index is 1.65. The molecule has 4 rings (SSSR count). The normalized spacial score (nSPS) is 20.7. The molecule has 1 atom stereocenters. The van der Waals surface area contributed by atoms with Gasteiger partial charge in [-0.2, -0.15) is 0 Å². The second-order valence-corrected chi connectivity index (χ2v) is 6.40. The van der Waals surface area contributed by atoms with Gasteiger partial charge in [0.05, 0.1) is 11.5 Å². The molecule has 0 aliphatic carbocycles. The summed E-state index contributed by atoms with van der Waals surface area (Å²) >= 11 is 0. The molecule has 9 nitrogen and oxygen atoms in total. The number of nitrogens with zero attached hydrogens (tertiary/aromatic N) is 2. The van der Waals surface area contributed by atoms with Crippen LogP contribution in [0, 0.1) is 10.1 Å². The number of hydrogen-bond acceptors (Lipinski definition) is 6. The first kappa shape index (κ1) is 16.8. The number of urea groups is 1. The minimum absolute atomic E-state index is 0.0968. The van der Waals surface area contributed by atoms with Crippen molar-refractivity contribution in [1.82, 2.24) is 10.2 Å². The minimum atomic E-state index is -1.30. The second kappa shape index (κ2) is 5.97. The van der Waals surface area contributed by atoms with Gasteiger partial charge in [-0.3, -0.25) is 19.8 Å². The molecule has 0 bridgehead atoms. The second-order valence-electron chi connectivity index (χ2n) is 6.40. The van der Waals surface area contributed by atoms with Crippen molar-refractivity contribution < 1.29 is 24.0 Å². The van der Waals surface area contributed by atoms with Gasteiger partial charge >= 0.3 is 6.03 Å². The molecule has 2 aliphatic rings. The number of rotatable bonds is 4. The Morgan fingerprint density at radius 3 is 2.70 bits per heavy atom. The van der Waals surface area contributed by atoms with Gasteiger partial charge in [0, 0.05) is 11.6 Å². The largest absolute Gasteiger partial charge is 0.454 e. The van der Waals surface area contributed by atoms with E-state index >= 15 is 0 Å². The van der Waals surface area contributed by atoms with Crippen LogP contribution in [0.1, 0.15) is 18.1 Å². The number of ether oxygens (including phenoxy) is 2. The van der Waals surface area contributed by atoms with Gasteiger partial charge in [-0.1, -0.05) is 24.3 Å². The molecular weight excluding hydrogens is 354 g/mol. The zero-order valence-electron chi connectivity index (χ0n) is 14.3. The Morgan fingerprint density at radius 2 is 1.93 bits per heavy atom. The number of para-hydroxylation sites is 1. The maximum absolute atomic E-state index is 13.0. The highest BCUT2D eigenvalue weighted by Crippen LogP contribution is 2.38. The van der Waals surface area contributed by atoms with Crippen molar-refractivity contribution in [1.29, 1.82) is 0 Å². The van der Waals surface area contributed by atoms with Crippen LogP contribution < -0.4 is 14.8 Å². The summed E-state index contributed by atoms with van der Waals surface area (Å²) in [5.74, 6) is 0.563. The quantitative estimate of drug-likeness (QED) is 0.503. The van der Waals surface area contributed by atoms with Gasteiger partial charge in [-0.05, 0) is 24.6 Å². The number of carbonyl (C=O) groups excluding carboxylic acids is 2. The summed E-state index contributed by atoms with van der Waals surface area (Å²) < 4.78 is 10.6. The molecule has 2 aromatic carbocycles. The number of hydrogen-bond donors (Lipinski definition) is 1. The Kier molecular flexibility index (Phi) is 3.72. The summed E-state index contributed by atoms with van der Waals surface area (Å²) in [5, 5.41) is 13.9. The molecule has 0 unspecified atom stereocenters. The number of benzene rings is 2. The Bertz CT molecular complexity index is 975. The summed E-state index contributed by atoms with van der Waals surface area (Å²) in [6.07, 6.45) is 0. The van der Waals surface area contributed by atoms with Crippen LogP contribution in [0.15, 0.2) is 42.5 Å². The fraction of sp³-hybridized carbons (Fsp3) is 0.222. The lowest BCUT2D eigenvalue weighted by Crippen LogP contribution is -2.40. The summed E-state index contributed by atoms with van der Waals surface area (Å²) in [6.45, 7) is 1.49. The molecular formula is C18H15N3O6. The average Bonchev–Trinajstić information content (AvgIpc) is 3.20. The molecule has 0 spiro atoms. The van der Waals surface area contributed by atoms with Gasteiger partial charge < -0.3 is 14.8 Å². The van der Waals surface area contributed by atoms with E-state index in [-0.39, 0.29) is 24.6 Å². The van der Waals surface area contributed by atoms with E-state index in [0.717, 1.165) is 4.90 Å². The summed E-state index contributed by atoms with van der Waals surface area (Å²) in [4.78, 5) is 37.1. The predicted molar refractivity (Wildman–Crippen MR) is 92.1 cm³/mol. The average molecular weight is 369 g/mol.